The zero-order valence-corrected chi connectivity index (χ0v) is 17.7. The second-order valence-electron chi connectivity index (χ2n) is 6.99. The highest BCUT2D eigenvalue weighted by Crippen LogP contribution is 2.24. The largest absolute Gasteiger partial charge is 0.452 e. The fourth-order valence-corrected chi connectivity index (χ4v) is 4.72. The lowest BCUT2D eigenvalue weighted by Gasteiger charge is -2.26. The van der Waals surface area contributed by atoms with Crippen LogP contribution in [0.15, 0.2) is 47.4 Å². The van der Waals surface area contributed by atoms with Crippen LogP contribution in [0.4, 0.5) is 5.69 Å². The first kappa shape index (κ1) is 21.9. The minimum atomic E-state index is -3.70. The van der Waals surface area contributed by atoms with Gasteiger partial charge in [-0.15, -0.1) is 0 Å². The van der Waals surface area contributed by atoms with Gasteiger partial charge in [-0.05, 0) is 43.7 Å². The van der Waals surface area contributed by atoms with Gasteiger partial charge < -0.3 is 14.8 Å². The molecule has 1 amide bonds. The normalized spacial score (nSPS) is 14.9. The number of hydrogen-bond donors (Lipinski definition) is 1. The summed E-state index contributed by atoms with van der Waals surface area (Å²) in [4.78, 5) is 24.4. The molecule has 9 heteroatoms. The number of rotatable bonds is 6. The lowest BCUT2D eigenvalue weighted by atomic mass is 10.1. The van der Waals surface area contributed by atoms with Crippen molar-refractivity contribution in [2.75, 3.05) is 38.2 Å². The Morgan fingerprint density at radius 2 is 1.83 bits per heavy atom. The smallest absolute Gasteiger partial charge is 0.338 e. The van der Waals surface area contributed by atoms with Crippen molar-refractivity contribution in [3.63, 3.8) is 0 Å². The van der Waals surface area contributed by atoms with E-state index in [0.29, 0.717) is 30.0 Å². The Balaban J connectivity index is 1.66. The van der Waals surface area contributed by atoms with E-state index < -0.39 is 28.5 Å². The molecule has 160 valence electrons. The highest BCUT2D eigenvalue weighted by Gasteiger charge is 2.28. The number of carbonyl (C=O) groups excluding carboxylic acids is 2. The van der Waals surface area contributed by atoms with E-state index in [0.717, 1.165) is 5.56 Å². The van der Waals surface area contributed by atoms with E-state index in [1.165, 1.54) is 10.4 Å². The maximum Gasteiger partial charge on any atom is 0.338 e. The van der Waals surface area contributed by atoms with Crippen LogP contribution in [0.5, 0.6) is 0 Å². The maximum absolute atomic E-state index is 12.9. The van der Waals surface area contributed by atoms with Gasteiger partial charge in [0.25, 0.3) is 5.91 Å². The molecule has 0 saturated carbocycles. The number of hydrogen-bond acceptors (Lipinski definition) is 6. The zero-order chi connectivity index (χ0) is 21.7. The third kappa shape index (κ3) is 5.24. The number of esters is 1. The molecule has 0 aliphatic carbocycles. The Morgan fingerprint density at radius 3 is 2.53 bits per heavy atom. The van der Waals surface area contributed by atoms with Gasteiger partial charge in [0, 0.05) is 18.8 Å². The van der Waals surface area contributed by atoms with Crippen molar-refractivity contribution < 1.29 is 27.5 Å². The fourth-order valence-electron chi connectivity index (χ4n) is 3.07. The molecule has 1 fully saturated rings. The summed E-state index contributed by atoms with van der Waals surface area (Å²) in [7, 11) is -3.70. The van der Waals surface area contributed by atoms with Gasteiger partial charge in [-0.3, -0.25) is 4.79 Å². The summed E-state index contributed by atoms with van der Waals surface area (Å²) in [6, 6.07) is 11.5. The maximum atomic E-state index is 12.9. The van der Waals surface area contributed by atoms with Gasteiger partial charge in [0.15, 0.2) is 6.61 Å². The Morgan fingerprint density at radius 1 is 1.10 bits per heavy atom. The predicted molar refractivity (Wildman–Crippen MR) is 111 cm³/mol. The molecule has 30 heavy (non-hydrogen) atoms. The molecule has 0 aromatic heterocycles. The van der Waals surface area contributed by atoms with Crippen molar-refractivity contribution in [2.45, 2.75) is 18.7 Å². The van der Waals surface area contributed by atoms with Crippen molar-refractivity contribution in [1.82, 2.24) is 4.31 Å². The monoisotopic (exact) mass is 432 g/mol. The highest BCUT2D eigenvalue weighted by atomic mass is 32.2. The molecule has 1 saturated heterocycles. The van der Waals surface area contributed by atoms with Crippen LogP contribution in [0.1, 0.15) is 21.5 Å². The van der Waals surface area contributed by atoms with Crippen LogP contribution in [0.25, 0.3) is 0 Å². The summed E-state index contributed by atoms with van der Waals surface area (Å²) in [5, 5.41) is 2.58. The minimum absolute atomic E-state index is 0.124. The number of ether oxygens (including phenoxy) is 2. The standard InChI is InChI=1S/C21H24N2O6S/c1-15-4-3-5-17(12-15)21(25)29-14-20(24)22-18-7-6-16(2)19(13-18)30(26,27)23-8-10-28-11-9-23/h3-7,12-13H,8-11,14H2,1-2H3,(H,22,24). The van der Waals surface area contributed by atoms with Crippen molar-refractivity contribution in [3.05, 3.63) is 59.2 Å². The Hall–Kier alpha value is -2.75. The van der Waals surface area contributed by atoms with Crippen molar-refractivity contribution >= 4 is 27.6 Å². The van der Waals surface area contributed by atoms with Crippen LogP contribution in [0, 0.1) is 13.8 Å². The van der Waals surface area contributed by atoms with Crippen LogP contribution >= 0.6 is 0 Å². The van der Waals surface area contributed by atoms with Crippen LogP contribution in [0.2, 0.25) is 0 Å². The number of anilines is 1. The summed E-state index contributed by atoms with van der Waals surface area (Å²) in [5.74, 6) is -1.16. The molecule has 1 aliphatic rings. The van der Waals surface area contributed by atoms with Crippen molar-refractivity contribution in [2.24, 2.45) is 0 Å². The van der Waals surface area contributed by atoms with E-state index in [4.69, 9.17) is 9.47 Å². The average Bonchev–Trinajstić information content (AvgIpc) is 2.74. The Bertz CT molecular complexity index is 1050. The molecular weight excluding hydrogens is 408 g/mol. The topological polar surface area (TPSA) is 102 Å². The molecule has 0 bridgehead atoms. The van der Waals surface area contributed by atoms with Gasteiger partial charge in [0.1, 0.15) is 0 Å². The van der Waals surface area contributed by atoms with Crippen LogP contribution in [-0.2, 0) is 24.3 Å². The molecule has 1 aliphatic heterocycles. The van der Waals surface area contributed by atoms with Crippen LogP contribution in [0.3, 0.4) is 0 Å². The Labute approximate surface area is 175 Å². The second-order valence-corrected chi connectivity index (χ2v) is 8.90. The van der Waals surface area contributed by atoms with Crippen molar-refractivity contribution in [1.29, 1.82) is 0 Å². The summed E-state index contributed by atoms with van der Waals surface area (Å²) >= 11 is 0. The van der Waals surface area contributed by atoms with Gasteiger partial charge in [-0.2, -0.15) is 4.31 Å². The van der Waals surface area contributed by atoms with E-state index in [2.05, 4.69) is 5.32 Å². The molecule has 8 nitrogen and oxygen atoms in total. The summed E-state index contributed by atoms with van der Waals surface area (Å²) in [6.07, 6.45) is 0. The van der Waals surface area contributed by atoms with Gasteiger partial charge in [-0.25, -0.2) is 13.2 Å². The summed E-state index contributed by atoms with van der Waals surface area (Å²) < 4.78 is 37.5. The third-order valence-electron chi connectivity index (χ3n) is 4.65. The van der Waals surface area contributed by atoms with E-state index in [-0.39, 0.29) is 18.0 Å². The van der Waals surface area contributed by atoms with Gasteiger partial charge in [-0.1, -0.05) is 23.8 Å². The fraction of sp³-hybridized carbons (Fsp3) is 0.333. The predicted octanol–water partition coefficient (Wildman–Crippen LogP) is 2.12. The molecule has 1 heterocycles. The minimum Gasteiger partial charge on any atom is -0.452 e. The SMILES string of the molecule is Cc1cccc(C(=O)OCC(=O)Nc2ccc(C)c(S(=O)(=O)N3CCOCC3)c2)c1. The average molecular weight is 432 g/mol. The Kier molecular flexibility index (Phi) is 6.86. The van der Waals surface area contributed by atoms with Crippen molar-refractivity contribution in [3.8, 4) is 0 Å². The lowest BCUT2D eigenvalue weighted by Crippen LogP contribution is -2.40. The van der Waals surface area contributed by atoms with Crippen LogP contribution in [-0.4, -0.2) is 57.5 Å². The van der Waals surface area contributed by atoms with Crippen LogP contribution < -0.4 is 5.32 Å². The number of benzene rings is 2. The number of morpholine rings is 1. The molecule has 0 unspecified atom stereocenters. The molecular formula is C21H24N2O6S. The number of aryl methyl sites for hydroxylation is 2. The number of carbonyl (C=O) groups is 2. The van der Waals surface area contributed by atoms with E-state index in [1.54, 1.807) is 37.3 Å². The molecule has 0 radical (unpaired) electrons. The molecule has 0 spiro atoms. The first-order valence-electron chi connectivity index (χ1n) is 9.49. The zero-order valence-electron chi connectivity index (χ0n) is 16.9. The summed E-state index contributed by atoms with van der Waals surface area (Å²) in [5.41, 5.74) is 2.15. The molecule has 2 aromatic carbocycles. The number of nitrogens with zero attached hydrogens (tertiary/aromatic N) is 1. The first-order chi connectivity index (χ1) is 14.3. The number of amides is 1. The first-order valence-corrected chi connectivity index (χ1v) is 10.9. The second kappa shape index (κ2) is 9.38. The van der Waals surface area contributed by atoms with Gasteiger partial charge >= 0.3 is 5.97 Å². The lowest BCUT2D eigenvalue weighted by molar-refractivity contribution is -0.119. The molecule has 0 atom stereocenters. The summed E-state index contributed by atoms with van der Waals surface area (Å²) in [6.45, 7) is 4.33. The molecule has 1 N–H and O–H groups in total. The van der Waals surface area contributed by atoms with Gasteiger partial charge in [0.2, 0.25) is 10.0 Å². The third-order valence-corrected chi connectivity index (χ3v) is 6.69. The van der Waals surface area contributed by atoms with Gasteiger partial charge in [0.05, 0.1) is 23.7 Å². The molecule has 3 rings (SSSR count). The quantitative estimate of drug-likeness (QED) is 0.702. The number of nitrogens with one attached hydrogen (secondary N) is 1. The van der Waals surface area contributed by atoms with E-state index in [9.17, 15) is 18.0 Å². The van der Waals surface area contributed by atoms with E-state index >= 15 is 0 Å². The molecule has 2 aromatic rings. The number of sulfonamides is 1. The van der Waals surface area contributed by atoms with E-state index in [1.807, 2.05) is 13.0 Å². The highest BCUT2D eigenvalue weighted by molar-refractivity contribution is 7.89.